The Morgan fingerprint density at radius 2 is 2.33 bits per heavy atom. The molecule has 68 valence electrons. The first-order chi connectivity index (χ1) is 5.65. The molecule has 0 bridgehead atoms. The fraction of sp³-hybridized carbons (Fsp3) is 0.667. The van der Waals surface area contributed by atoms with Crippen molar-refractivity contribution in [3.05, 3.63) is 12.3 Å². The van der Waals surface area contributed by atoms with E-state index in [-0.39, 0.29) is 5.91 Å². The molecule has 1 rings (SSSR count). The minimum absolute atomic E-state index is 0.164. The molecule has 1 heterocycles. The predicted molar refractivity (Wildman–Crippen MR) is 48.6 cm³/mol. The van der Waals surface area contributed by atoms with Gasteiger partial charge in [-0.3, -0.25) is 4.79 Å². The second-order valence-electron chi connectivity index (χ2n) is 3.25. The topological polar surface area (TPSA) is 32.3 Å². The number of amides is 1. The number of likely N-dealkylation sites (tertiary alicyclic amines) is 1. The van der Waals surface area contributed by atoms with E-state index in [0.29, 0.717) is 12.5 Å². The summed E-state index contributed by atoms with van der Waals surface area (Å²) in [6.07, 6.45) is 2.51. The quantitative estimate of drug-likeness (QED) is 0.626. The lowest BCUT2D eigenvalue weighted by Crippen LogP contribution is -2.30. The lowest BCUT2D eigenvalue weighted by molar-refractivity contribution is -0.128. The average molecular weight is 168 g/mol. The summed E-state index contributed by atoms with van der Waals surface area (Å²) in [6.45, 7) is 3.85. The molecule has 0 saturated carbocycles. The van der Waals surface area contributed by atoms with E-state index in [4.69, 9.17) is 0 Å². The maximum atomic E-state index is 11.4. The van der Waals surface area contributed by atoms with E-state index in [1.807, 2.05) is 7.05 Å². The van der Waals surface area contributed by atoms with Crippen LogP contribution in [0, 0.1) is 0 Å². The van der Waals surface area contributed by atoms with Crippen molar-refractivity contribution < 1.29 is 4.79 Å². The first-order valence-corrected chi connectivity index (χ1v) is 4.26. The van der Waals surface area contributed by atoms with Crippen LogP contribution in [0.1, 0.15) is 19.3 Å². The zero-order valence-corrected chi connectivity index (χ0v) is 7.76. The summed E-state index contributed by atoms with van der Waals surface area (Å²) in [7, 11) is 3.69. The van der Waals surface area contributed by atoms with Gasteiger partial charge in [0, 0.05) is 25.2 Å². The summed E-state index contributed by atoms with van der Waals surface area (Å²) in [5, 5.41) is 3.13. The molecule has 3 nitrogen and oxygen atoms in total. The molecule has 1 aliphatic rings. The van der Waals surface area contributed by atoms with Crippen LogP contribution in [0.5, 0.6) is 0 Å². The average Bonchev–Trinajstić information content (AvgIpc) is 2.19. The van der Waals surface area contributed by atoms with Gasteiger partial charge in [-0.15, -0.1) is 0 Å². The summed E-state index contributed by atoms with van der Waals surface area (Å²) < 4.78 is 0. The number of hydrogen-bond acceptors (Lipinski definition) is 2. The Balaban J connectivity index is 2.65. The first kappa shape index (κ1) is 9.26. The molecule has 3 heteroatoms. The highest BCUT2D eigenvalue weighted by molar-refractivity contribution is 5.78. The molecular weight excluding hydrogens is 152 g/mol. The van der Waals surface area contributed by atoms with Gasteiger partial charge >= 0.3 is 0 Å². The number of nitrogens with one attached hydrogen (secondary N) is 1. The zero-order valence-electron chi connectivity index (χ0n) is 7.76. The summed E-state index contributed by atoms with van der Waals surface area (Å²) in [5.74, 6) is 0.164. The Kier molecular flexibility index (Phi) is 2.87. The Bertz CT molecular complexity index is 201. The van der Waals surface area contributed by atoms with Gasteiger partial charge in [-0.05, 0) is 19.9 Å². The van der Waals surface area contributed by atoms with Gasteiger partial charge in [0.15, 0.2) is 0 Å². The fourth-order valence-corrected chi connectivity index (χ4v) is 1.38. The van der Waals surface area contributed by atoms with Crippen molar-refractivity contribution in [2.75, 3.05) is 14.1 Å². The van der Waals surface area contributed by atoms with E-state index in [1.54, 1.807) is 11.9 Å². The number of allylic oxidation sites excluding steroid dienone is 1. The van der Waals surface area contributed by atoms with E-state index in [2.05, 4.69) is 11.9 Å². The number of hydrogen-bond donors (Lipinski definition) is 1. The van der Waals surface area contributed by atoms with Crippen LogP contribution in [-0.2, 0) is 4.79 Å². The largest absolute Gasteiger partial charge is 0.320 e. The molecule has 0 aromatic rings. The minimum atomic E-state index is 0.164. The minimum Gasteiger partial charge on any atom is -0.320 e. The molecule has 1 aliphatic heterocycles. The van der Waals surface area contributed by atoms with Gasteiger partial charge in [0.25, 0.3) is 0 Å². The molecule has 0 spiro atoms. The van der Waals surface area contributed by atoms with Crippen molar-refractivity contribution >= 4 is 5.91 Å². The maximum absolute atomic E-state index is 11.4. The summed E-state index contributed by atoms with van der Waals surface area (Å²) in [5.41, 5.74) is 0.928. The van der Waals surface area contributed by atoms with Gasteiger partial charge in [-0.1, -0.05) is 6.58 Å². The first-order valence-electron chi connectivity index (χ1n) is 4.26. The number of carbonyl (C=O) groups excluding carboxylic acids is 1. The van der Waals surface area contributed by atoms with Gasteiger partial charge in [-0.25, -0.2) is 0 Å². The van der Waals surface area contributed by atoms with Crippen LogP contribution in [0.25, 0.3) is 0 Å². The molecule has 1 fully saturated rings. The number of carbonyl (C=O) groups is 1. The van der Waals surface area contributed by atoms with Crippen molar-refractivity contribution in [1.82, 2.24) is 10.2 Å². The zero-order chi connectivity index (χ0) is 9.14. The van der Waals surface area contributed by atoms with E-state index >= 15 is 0 Å². The molecule has 0 aromatic carbocycles. The second kappa shape index (κ2) is 3.72. The number of rotatable bonds is 1. The third-order valence-corrected chi connectivity index (χ3v) is 2.46. The highest BCUT2D eigenvalue weighted by Crippen LogP contribution is 2.17. The third kappa shape index (κ3) is 1.85. The Morgan fingerprint density at radius 1 is 1.67 bits per heavy atom. The van der Waals surface area contributed by atoms with Crippen LogP contribution in [0.15, 0.2) is 12.3 Å². The molecule has 1 amide bonds. The summed E-state index contributed by atoms with van der Waals surface area (Å²) in [4.78, 5) is 13.1. The molecule has 12 heavy (non-hydrogen) atoms. The van der Waals surface area contributed by atoms with Crippen molar-refractivity contribution in [3.63, 3.8) is 0 Å². The highest BCUT2D eigenvalue weighted by atomic mass is 16.2. The smallest absolute Gasteiger partial charge is 0.228 e. The molecule has 0 aliphatic carbocycles. The van der Waals surface area contributed by atoms with Crippen LogP contribution in [0.2, 0.25) is 0 Å². The second-order valence-corrected chi connectivity index (χ2v) is 3.25. The Morgan fingerprint density at radius 3 is 2.92 bits per heavy atom. The van der Waals surface area contributed by atoms with Gasteiger partial charge in [0.1, 0.15) is 0 Å². The van der Waals surface area contributed by atoms with Crippen molar-refractivity contribution in [1.29, 1.82) is 0 Å². The van der Waals surface area contributed by atoms with Gasteiger partial charge in [-0.2, -0.15) is 0 Å². The van der Waals surface area contributed by atoms with Crippen molar-refractivity contribution in [3.8, 4) is 0 Å². The molecular formula is C9H16N2O. The van der Waals surface area contributed by atoms with Crippen LogP contribution in [0.3, 0.4) is 0 Å². The third-order valence-electron chi connectivity index (χ3n) is 2.46. The van der Waals surface area contributed by atoms with Crippen LogP contribution >= 0.6 is 0 Å². The fourth-order valence-electron chi connectivity index (χ4n) is 1.38. The van der Waals surface area contributed by atoms with E-state index < -0.39 is 0 Å². The Labute approximate surface area is 73.4 Å². The van der Waals surface area contributed by atoms with Crippen molar-refractivity contribution in [2.45, 2.75) is 25.3 Å². The Hall–Kier alpha value is -0.830. The molecule has 1 atom stereocenters. The van der Waals surface area contributed by atoms with Crippen LogP contribution in [-0.4, -0.2) is 30.9 Å². The number of nitrogens with zero attached hydrogens (tertiary/aromatic N) is 1. The maximum Gasteiger partial charge on any atom is 0.228 e. The van der Waals surface area contributed by atoms with Gasteiger partial charge in [0.2, 0.25) is 5.91 Å². The summed E-state index contributed by atoms with van der Waals surface area (Å²) >= 11 is 0. The van der Waals surface area contributed by atoms with Crippen LogP contribution in [0.4, 0.5) is 0 Å². The molecule has 0 radical (unpaired) electrons. The SMILES string of the molecule is C=C1CCC(NC)CC(=O)N1C. The molecule has 1 unspecified atom stereocenters. The van der Waals surface area contributed by atoms with Gasteiger partial charge in [0.05, 0.1) is 0 Å². The monoisotopic (exact) mass is 168 g/mol. The molecule has 1 N–H and O–H groups in total. The lowest BCUT2D eigenvalue weighted by atomic mass is 10.1. The predicted octanol–water partition coefficient (Wildman–Crippen LogP) is 0.730. The van der Waals surface area contributed by atoms with E-state index in [1.165, 1.54) is 0 Å². The molecule has 1 saturated heterocycles. The van der Waals surface area contributed by atoms with E-state index in [9.17, 15) is 4.79 Å². The molecule has 0 aromatic heterocycles. The van der Waals surface area contributed by atoms with Crippen molar-refractivity contribution in [2.24, 2.45) is 0 Å². The normalized spacial score (nSPS) is 25.8. The lowest BCUT2D eigenvalue weighted by Gasteiger charge is -2.15. The summed E-state index contributed by atoms with van der Waals surface area (Å²) in [6, 6.07) is 0.319. The van der Waals surface area contributed by atoms with E-state index in [0.717, 1.165) is 18.5 Å². The van der Waals surface area contributed by atoms with Crippen LogP contribution < -0.4 is 5.32 Å². The highest BCUT2D eigenvalue weighted by Gasteiger charge is 2.21. The van der Waals surface area contributed by atoms with Gasteiger partial charge < -0.3 is 10.2 Å². The standard InChI is InChI=1S/C9H16N2O/c1-7-4-5-8(10-2)6-9(12)11(7)3/h8,10H,1,4-6H2,2-3H3.